The first-order chi connectivity index (χ1) is 9.63. The molecule has 0 bridgehead atoms. The number of nitrogen functional groups attached to an aromatic ring is 1. The highest BCUT2D eigenvalue weighted by molar-refractivity contribution is 7.99. The molecular weight excluding hydrogens is 286 g/mol. The molecule has 3 aromatic rings. The van der Waals surface area contributed by atoms with Gasteiger partial charge in [-0.15, -0.1) is 0 Å². The van der Waals surface area contributed by atoms with Gasteiger partial charge in [0.05, 0.1) is 10.7 Å². The molecule has 0 aliphatic carbocycles. The van der Waals surface area contributed by atoms with Crippen molar-refractivity contribution >= 4 is 39.8 Å². The Kier molecular flexibility index (Phi) is 3.60. The van der Waals surface area contributed by atoms with E-state index in [9.17, 15) is 0 Å². The Morgan fingerprint density at radius 1 is 0.950 bits per heavy atom. The highest BCUT2D eigenvalue weighted by atomic mass is 35.5. The monoisotopic (exact) mass is 299 g/mol. The molecule has 0 saturated carbocycles. The molecule has 3 rings (SSSR count). The molecule has 0 heterocycles. The van der Waals surface area contributed by atoms with Gasteiger partial charge in [-0.1, -0.05) is 53.7 Å². The van der Waals surface area contributed by atoms with Crippen LogP contribution in [0.4, 0.5) is 5.69 Å². The van der Waals surface area contributed by atoms with Gasteiger partial charge < -0.3 is 5.73 Å². The molecule has 0 atom stereocenters. The first-order valence-corrected chi connectivity index (χ1v) is 7.55. The van der Waals surface area contributed by atoms with Crippen molar-refractivity contribution in [1.29, 1.82) is 0 Å². The first kappa shape index (κ1) is 13.3. The highest BCUT2D eigenvalue weighted by Crippen LogP contribution is 2.35. The number of aryl methyl sites for hydroxylation is 1. The van der Waals surface area contributed by atoms with Crippen molar-refractivity contribution in [2.75, 3.05) is 5.73 Å². The molecule has 0 aliphatic rings. The Bertz CT molecular complexity index is 783. The molecular formula is C17H14ClNS. The van der Waals surface area contributed by atoms with Crippen LogP contribution in [0.5, 0.6) is 0 Å². The summed E-state index contributed by atoms with van der Waals surface area (Å²) in [5.41, 5.74) is 7.59. The zero-order chi connectivity index (χ0) is 14.1. The fraction of sp³-hybridized carbons (Fsp3) is 0.0588. The number of hydrogen-bond donors (Lipinski definition) is 1. The van der Waals surface area contributed by atoms with Crippen LogP contribution in [0.15, 0.2) is 64.4 Å². The largest absolute Gasteiger partial charge is 0.398 e. The SMILES string of the molecule is Cc1cc(N)c(Cl)cc1Sc1ccc2ccccc2c1. The molecule has 0 amide bonds. The third kappa shape index (κ3) is 2.62. The third-order valence-corrected chi connectivity index (χ3v) is 4.72. The second kappa shape index (κ2) is 5.39. The van der Waals surface area contributed by atoms with Crippen molar-refractivity contribution in [1.82, 2.24) is 0 Å². The number of nitrogens with two attached hydrogens (primary N) is 1. The maximum atomic E-state index is 6.11. The topological polar surface area (TPSA) is 26.0 Å². The Morgan fingerprint density at radius 2 is 1.70 bits per heavy atom. The molecule has 0 radical (unpaired) electrons. The zero-order valence-corrected chi connectivity index (χ0v) is 12.6. The van der Waals surface area contributed by atoms with Crippen LogP contribution < -0.4 is 5.73 Å². The van der Waals surface area contributed by atoms with Crippen molar-refractivity contribution in [2.45, 2.75) is 16.7 Å². The lowest BCUT2D eigenvalue weighted by Crippen LogP contribution is -1.89. The minimum absolute atomic E-state index is 0.610. The fourth-order valence-electron chi connectivity index (χ4n) is 2.15. The van der Waals surface area contributed by atoms with E-state index in [0.717, 1.165) is 10.5 Å². The van der Waals surface area contributed by atoms with E-state index in [2.05, 4.69) is 49.4 Å². The Labute approximate surface area is 127 Å². The summed E-state index contributed by atoms with van der Waals surface area (Å²) in [4.78, 5) is 2.34. The van der Waals surface area contributed by atoms with E-state index in [1.54, 1.807) is 11.8 Å². The van der Waals surface area contributed by atoms with E-state index in [0.29, 0.717) is 10.7 Å². The molecule has 0 aromatic heterocycles. The van der Waals surface area contributed by atoms with E-state index in [4.69, 9.17) is 17.3 Å². The molecule has 0 fully saturated rings. The standard InChI is InChI=1S/C17H14ClNS/c1-11-8-16(19)15(18)10-17(11)20-14-7-6-12-4-2-3-5-13(12)9-14/h2-10H,19H2,1H3. The summed E-state index contributed by atoms with van der Waals surface area (Å²) < 4.78 is 0. The molecule has 20 heavy (non-hydrogen) atoms. The average Bonchev–Trinajstić information content (AvgIpc) is 2.44. The van der Waals surface area contributed by atoms with Crippen LogP contribution in [0.3, 0.4) is 0 Å². The summed E-state index contributed by atoms with van der Waals surface area (Å²) in [5.74, 6) is 0. The summed E-state index contributed by atoms with van der Waals surface area (Å²) in [5, 5.41) is 3.11. The van der Waals surface area contributed by atoms with E-state index in [-0.39, 0.29) is 0 Å². The Morgan fingerprint density at radius 3 is 2.50 bits per heavy atom. The smallest absolute Gasteiger partial charge is 0.0646 e. The predicted octanol–water partition coefficient (Wildman–Crippen LogP) is 5.54. The van der Waals surface area contributed by atoms with Gasteiger partial charge in [0.15, 0.2) is 0 Å². The van der Waals surface area contributed by atoms with Crippen LogP contribution in [0.1, 0.15) is 5.56 Å². The van der Waals surface area contributed by atoms with Crippen LogP contribution in [0.2, 0.25) is 5.02 Å². The Balaban J connectivity index is 1.99. The second-order valence-electron chi connectivity index (χ2n) is 4.75. The highest BCUT2D eigenvalue weighted by Gasteiger charge is 2.06. The predicted molar refractivity (Wildman–Crippen MR) is 88.7 cm³/mol. The zero-order valence-electron chi connectivity index (χ0n) is 11.1. The maximum Gasteiger partial charge on any atom is 0.0646 e. The lowest BCUT2D eigenvalue weighted by Gasteiger charge is -2.09. The van der Waals surface area contributed by atoms with Crippen LogP contribution >= 0.6 is 23.4 Å². The fourth-order valence-corrected chi connectivity index (χ4v) is 3.35. The lowest BCUT2D eigenvalue weighted by molar-refractivity contribution is 1.30. The van der Waals surface area contributed by atoms with Gasteiger partial charge in [-0.05, 0) is 47.5 Å². The van der Waals surface area contributed by atoms with Crippen LogP contribution in [0.25, 0.3) is 10.8 Å². The minimum Gasteiger partial charge on any atom is -0.398 e. The summed E-state index contributed by atoms with van der Waals surface area (Å²) >= 11 is 7.82. The molecule has 0 spiro atoms. The van der Waals surface area contributed by atoms with E-state index < -0.39 is 0 Å². The number of fused-ring (bicyclic) bond motifs is 1. The van der Waals surface area contributed by atoms with Crippen LogP contribution in [-0.2, 0) is 0 Å². The van der Waals surface area contributed by atoms with Gasteiger partial charge in [-0.2, -0.15) is 0 Å². The second-order valence-corrected chi connectivity index (χ2v) is 6.27. The van der Waals surface area contributed by atoms with Crippen molar-refractivity contribution in [3.05, 3.63) is 65.2 Å². The molecule has 3 aromatic carbocycles. The van der Waals surface area contributed by atoms with Gasteiger partial charge >= 0.3 is 0 Å². The van der Waals surface area contributed by atoms with E-state index in [1.165, 1.54) is 15.7 Å². The van der Waals surface area contributed by atoms with Gasteiger partial charge in [0.2, 0.25) is 0 Å². The van der Waals surface area contributed by atoms with Gasteiger partial charge in [0.25, 0.3) is 0 Å². The van der Waals surface area contributed by atoms with Gasteiger partial charge in [-0.3, -0.25) is 0 Å². The molecule has 3 heteroatoms. The third-order valence-electron chi connectivity index (χ3n) is 3.24. The Hall–Kier alpha value is -1.64. The normalized spacial score (nSPS) is 10.9. The summed E-state index contributed by atoms with van der Waals surface area (Å²) in [6, 6.07) is 18.7. The molecule has 2 N–H and O–H groups in total. The molecule has 0 saturated heterocycles. The minimum atomic E-state index is 0.610. The van der Waals surface area contributed by atoms with Crippen molar-refractivity contribution < 1.29 is 0 Å². The number of hydrogen-bond acceptors (Lipinski definition) is 2. The van der Waals surface area contributed by atoms with Crippen molar-refractivity contribution in [3.63, 3.8) is 0 Å². The lowest BCUT2D eigenvalue weighted by atomic mass is 10.1. The van der Waals surface area contributed by atoms with Gasteiger partial charge in [0.1, 0.15) is 0 Å². The van der Waals surface area contributed by atoms with Crippen LogP contribution in [0, 0.1) is 6.92 Å². The quantitative estimate of drug-likeness (QED) is 0.629. The molecule has 0 unspecified atom stereocenters. The number of anilines is 1. The number of halogens is 1. The van der Waals surface area contributed by atoms with Gasteiger partial charge in [0, 0.05) is 9.79 Å². The van der Waals surface area contributed by atoms with Crippen LogP contribution in [-0.4, -0.2) is 0 Å². The van der Waals surface area contributed by atoms with E-state index >= 15 is 0 Å². The molecule has 1 nitrogen and oxygen atoms in total. The van der Waals surface area contributed by atoms with Crippen molar-refractivity contribution in [2.24, 2.45) is 0 Å². The van der Waals surface area contributed by atoms with E-state index in [1.807, 2.05) is 12.1 Å². The van der Waals surface area contributed by atoms with Gasteiger partial charge in [-0.25, -0.2) is 0 Å². The molecule has 0 aliphatic heterocycles. The first-order valence-electron chi connectivity index (χ1n) is 6.36. The summed E-state index contributed by atoms with van der Waals surface area (Å²) in [6.07, 6.45) is 0. The summed E-state index contributed by atoms with van der Waals surface area (Å²) in [6.45, 7) is 2.05. The number of rotatable bonds is 2. The average molecular weight is 300 g/mol. The maximum absolute atomic E-state index is 6.11. The summed E-state index contributed by atoms with van der Waals surface area (Å²) in [7, 11) is 0. The number of benzene rings is 3. The van der Waals surface area contributed by atoms with Crippen molar-refractivity contribution in [3.8, 4) is 0 Å². The molecule has 100 valence electrons.